The van der Waals surface area contributed by atoms with Gasteiger partial charge in [0.25, 0.3) is 0 Å². The molecule has 0 aliphatic carbocycles. The SMILES string of the molecule is Cn1cc([B]OC(C)(C)C(C)(C)O)ccc1=O. The standard InChI is InChI=1S/C12H19BNO3/c1-11(2,16)12(3,4)17-13-9-6-7-10(15)14(5)8-9/h6-8,16H,1-5H3. The van der Waals surface area contributed by atoms with Crippen LogP contribution >= 0.6 is 0 Å². The predicted molar refractivity (Wildman–Crippen MR) is 68.5 cm³/mol. The zero-order valence-electron chi connectivity index (χ0n) is 11.0. The molecule has 1 heterocycles. The summed E-state index contributed by atoms with van der Waals surface area (Å²) in [6, 6.07) is 3.16. The van der Waals surface area contributed by atoms with Gasteiger partial charge in [0.1, 0.15) is 0 Å². The lowest BCUT2D eigenvalue weighted by Crippen LogP contribution is -2.49. The molecule has 0 saturated carbocycles. The smallest absolute Gasteiger partial charge is 0.332 e. The molecule has 0 aliphatic rings. The molecule has 1 radical (unpaired) electrons. The minimum Gasteiger partial charge on any atom is -0.427 e. The number of aryl methyl sites for hydroxylation is 1. The van der Waals surface area contributed by atoms with Gasteiger partial charge in [-0.05, 0) is 33.2 Å². The van der Waals surface area contributed by atoms with Crippen molar-refractivity contribution in [3.8, 4) is 0 Å². The molecule has 1 aromatic rings. The second-order valence-corrected chi connectivity index (χ2v) is 5.22. The Hall–Kier alpha value is -1.07. The Morgan fingerprint density at radius 1 is 1.29 bits per heavy atom. The normalized spacial score (nSPS) is 12.6. The van der Waals surface area contributed by atoms with Gasteiger partial charge >= 0.3 is 7.48 Å². The van der Waals surface area contributed by atoms with Crippen molar-refractivity contribution >= 4 is 12.9 Å². The first kappa shape index (κ1) is 14.0. The largest absolute Gasteiger partial charge is 0.427 e. The minimum absolute atomic E-state index is 0.0658. The fourth-order valence-corrected chi connectivity index (χ4v) is 1.04. The lowest BCUT2D eigenvalue weighted by atomic mass is 9.83. The highest BCUT2D eigenvalue weighted by Crippen LogP contribution is 2.24. The van der Waals surface area contributed by atoms with Crippen LogP contribution in [0.25, 0.3) is 0 Å². The average molecular weight is 236 g/mol. The molecule has 0 unspecified atom stereocenters. The molecule has 0 amide bonds. The summed E-state index contributed by atoms with van der Waals surface area (Å²) in [4.78, 5) is 11.2. The Labute approximate surface area is 103 Å². The maximum absolute atomic E-state index is 11.2. The van der Waals surface area contributed by atoms with Crippen molar-refractivity contribution in [1.29, 1.82) is 0 Å². The summed E-state index contributed by atoms with van der Waals surface area (Å²) in [5.74, 6) is 0. The quantitative estimate of drug-likeness (QED) is 0.759. The summed E-state index contributed by atoms with van der Waals surface area (Å²) < 4.78 is 7.06. The highest BCUT2D eigenvalue weighted by atomic mass is 16.5. The molecule has 4 nitrogen and oxygen atoms in total. The molecule has 0 aliphatic heterocycles. The van der Waals surface area contributed by atoms with E-state index in [2.05, 4.69) is 0 Å². The Balaban J connectivity index is 2.74. The number of aromatic nitrogens is 1. The fourth-order valence-electron chi connectivity index (χ4n) is 1.04. The molecule has 1 aromatic heterocycles. The highest BCUT2D eigenvalue weighted by Gasteiger charge is 2.35. The van der Waals surface area contributed by atoms with Gasteiger partial charge < -0.3 is 14.3 Å². The van der Waals surface area contributed by atoms with Gasteiger partial charge in [-0.1, -0.05) is 6.07 Å². The molecular weight excluding hydrogens is 217 g/mol. The molecule has 0 aromatic carbocycles. The predicted octanol–water partition coefficient (Wildman–Crippen LogP) is 0.196. The number of nitrogens with zero attached hydrogens (tertiary/aromatic N) is 1. The van der Waals surface area contributed by atoms with Crippen molar-refractivity contribution in [3.05, 3.63) is 28.7 Å². The van der Waals surface area contributed by atoms with Gasteiger partial charge in [0, 0.05) is 19.3 Å². The van der Waals surface area contributed by atoms with Gasteiger partial charge in [0.05, 0.1) is 11.2 Å². The van der Waals surface area contributed by atoms with Crippen LogP contribution in [0.5, 0.6) is 0 Å². The van der Waals surface area contributed by atoms with E-state index in [0.717, 1.165) is 5.46 Å². The highest BCUT2D eigenvalue weighted by molar-refractivity contribution is 6.46. The summed E-state index contributed by atoms with van der Waals surface area (Å²) in [7, 11) is 3.23. The lowest BCUT2D eigenvalue weighted by Gasteiger charge is -2.37. The van der Waals surface area contributed by atoms with E-state index < -0.39 is 11.2 Å². The molecule has 5 heteroatoms. The van der Waals surface area contributed by atoms with Gasteiger partial charge in [-0.2, -0.15) is 0 Å². The van der Waals surface area contributed by atoms with E-state index in [-0.39, 0.29) is 5.56 Å². The van der Waals surface area contributed by atoms with E-state index in [1.165, 1.54) is 10.6 Å². The molecular formula is C12H19BNO3. The maximum Gasteiger partial charge on any atom is 0.332 e. The average Bonchev–Trinajstić information content (AvgIpc) is 2.18. The van der Waals surface area contributed by atoms with Gasteiger partial charge in [-0.15, -0.1) is 0 Å². The van der Waals surface area contributed by atoms with E-state index in [9.17, 15) is 9.90 Å². The third-order valence-electron chi connectivity index (χ3n) is 3.07. The number of hydrogen-bond donors (Lipinski definition) is 1. The zero-order chi connectivity index (χ0) is 13.3. The third-order valence-corrected chi connectivity index (χ3v) is 3.07. The van der Waals surface area contributed by atoms with Crippen LogP contribution in [-0.2, 0) is 11.7 Å². The topological polar surface area (TPSA) is 51.5 Å². The van der Waals surface area contributed by atoms with Crippen LogP contribution in [-0.4, -0.2) is 28.4 Å². The number of rotatable bonds is 4. The van der Waals surface area contributed by atoms with E-state index in [0.29, 0.717) is 0 Å². The molecule has 0 spiro atoms. The molecule has 17 heavy (non-hydrogen) atoms. The Morgan fingerprint density at radius 2 is 1.88 bits per heavy atom. The van der Waals surface area contributed by atoms with Crippen LogP contribution in [0.1, 0.15) is 27.7 Å². The van der Waals surface area contributed by atoms with Crippen molar-refractivity contribution in [2.24, 2.45) is 7.05 Å². The fraction of sp³-hybridized carbons (Fsp3) is 0.583. The lowest BCUT2D eigenvalue weighted by molar-refractivity contribution is -0.0893. The summed E-state index contributed by atoms with van der Waals surface area (Å²) in [6.45, 7) is 7.01. The van der Waals surface area contributed by atoms with Gasteiger partial charge in [0.2, 0.25) is 5.56 Å². The van der Waals surface area contributed by atoms with Crippen LogP contribution in [0, 0.1) is 0 Å². The molecule has 0 saturated heterocycles. The van der Waals surface area contributed by atoms with Crippen LogP contribution in [0.3, 0.4) is 0 Å². The van der Waals surface area contributed by atoms with Crippen molar-refractivity contribution in [1.82, 2.24) is 4.57 Å². The Kier molecular flexibility index (Phi) is 3.84. The van der Waals surface area contributed by atoms with E-state index in [1.54, 1.807) is 40.6 Å². The van der Waals surface area contributed by atoms with Crippen LogP contribution in [0.4, 0.5) is 0 Å². The van der Waals surface area contributed by atoms with Crippen molar-refractivity contribution < 1.29 is 9.76 Å². The first-order valence-electron chi connectivity index (χ1n) is 5.53. The van der Waals surface area contributed by atoms with Crippen molar-refractivity contribution in [2.45, 2.75) is 38.9 Å². The maximum atomic E-state index is 11.2. The van der Waals surface area contributed by atoms with Crippen LogP contribution in [0.2, 0.25) is 0 Å². The zero-order valence-corrected chi connectivity index (χ0v) is 11.0. The number of aliphatic hydroxyl groups is 1. The van der Waals surface area contributed by atoms with E-state index in [4.69, 9.17) is 4.65 Å². The van der Waals surface area contributed by atoms with Crippen LogP contribution < -0.4 is 11.0 Å². The van der Waals surface area contributed by atoms with Crippen molar-refractivity contribution in [2.75, 3.05) is 0 Å². The second-order valence-electron chi connectivity index (χ2n) is 5.22. The van der Waals surface area contributed by atoms with Crippen molar-refractivity contribution in [3.63, 3.8) is 0 Å². The minimum atomic E-state index is -0.954. The van der Waals surface area contributed by atoms with E-state index in [1.807, 2.05) is 13.8 Å². The summed E-state index contributed by atoms with van der Waals surface area (Å²) in [6.07, 6.45) is 1.68. The molecule has 1 N–H and O–H groups in total. The first-order chi connectivity index (χ1) is 7.63. The van der Waals surface area contributed by atoms with Gasteiger partial charge in [0.15, 0.2) is 0 Å². The second kappa shape index (κ2) is 4.66. The first-order valence-corrected chi connectivity index (χ1v) is 5.53. The number of hydrogen-bond acceptors (Lipinski definition) is 3. The summed E-state index contributed by atoms with van der Waals surface area (Å²) in [5.41, 5.74) is -0.945. The summed E-state index contributed by atoms with van der Waals surface area (Å²) >= 11 is 0. The Bertz CT molecular complexity index is 446. The van der Waals surface area contributed by atoms with Gasteiger partial charge in [-0.3, -0.25) is 4.79 Å². The molecule has 0 bridgehead atoms. The monoisotopic (exact) mass is 236 g/mol. The molecule has 0 fully saturated rings. The van der Waals surface area contributed by atoms with Crippen LogP contribution in [0.15, 0.2) is 23.1 Å². The van der Waals surface area contributed by atoms with Gasteiger partial charge in [-0.25, -0.2) is 0 Å². The van der Waals surface area contributed by atoms with E-state index >= 15 is 0 Å². The summed E-state index contributed by atoms with van der Waals surface area (Å²) in [5, 5.41) is 9.92. The Morgan fingerprint density at radius 3 is 2.35 bits per heavy atom. The number of pyridine rings is 1. The molecule has 0 atom stereocenters. The molecule has 1 rings (SSSR count). The molecule has 93 valence electrons. The third kappa shape index (κ3) is 3.44.